The van der Waals surface area contributed by atoms with Crippen molar-refractivity contribution in [1.29, 1.82) is 0 Å². The summed E-state index contributed by atoms with van der Waals surface area (Å²) in [5.74, 6) is 0.468. The van der Waals surface area contributed by atoms with E-state index in [0.717, 1.165) is 29.9 Å². The maximum Gasteiger partial charge on any atom is 0.148 e. The molecule has 0 aliphatic carbocycles. The van der Waals surface area contributed by atoms with Gasteiger partial charge in [0.2, 0.25) is 0 Å². The summed E-state index contributed by atoms with van der Waals surface area (Å²) in [6.07, 6.45) is 1.56. The van der Waals surface area contributed by atoms with E-state index in [1.807, 2.05) is 30.3 Å². The number of amidine groups is 1. The molecule has 0 radical (unpaired) electrons. The summed E-state index contributed by atoms with van der Waals surface area (Å²) in [4.78, 5) is 4.77. The number of anilines is 2. The fourth-order valence-corrected chi connectivity index (χ4v) is 3.60. The number of hydrogen-bond acceptors (Lipinski definition) is 3. The molecule has 0 unspecified atom stereocenters. The van der Waals surface area contributed by atoms with Crippen molar-refractivity contribution in [3.05, 3.63) is 58.9 Å². The molecule has 0 amide bonds. The summed E-state index contributed by atoms with van der Waals surface area (Å²) in [7, 11) is 0. The van der Waals surface area contributed by atoms with E-state index in [9.17, 15) is 4.39 Å². The van der Waals surface area contributed by atoms with Crippen molar-refractivity contribution in [3.63, 3.8) is 0 Å². The highest BCUT2D eigenvalue weighted by atomic mass is 35.5. The zero-order valence-electron chi connectivity index (χ0n) is 13.7. The maximum atomic E-state index is 14.2. The van der Waals surface area contributed by atoms with Gasteiger partial charge in [0.25, 0.3) is 0 Å². The Labute approximate surface area is 151 Å². The zero-order valence-corrected chi connectivity index (χ0v) is 14.4. The molecule has 4 nitrogen and oxygen atoms in total. The topological polar surface area (TPSA) is 45.7 Å². The molecule has 2 aromatic rings. The molecule has 1 spiro atoms. The number of nitrogens with one attached hydrogen (secondary N) is 2. The normalized spacial score (nSPS) is 20.0. The Balaban J connectivity index is 1.69. The van der Waals surface area contributed by atoms with E-state index in [2.05, 4.69) is 10.6 Å². The van der Waals surface area contributed by atoms with Crippen molar-refractivity contribution in [3.8, 4) is 0 Å². The molecule has 2 heterocycles. The standard InChI is InChI=1S/C19H19ClFN3O/c20-14-4-1-3-13(11-14)12-22-18-19(7-9-25-10-8-19)24-16-6-2-5-15(21)17(16)23-18/h1-6,11,24H,7-10,12H2,(H,22,23). The Morgan fingerprint density at radius 2 is 1.96 bits per heavy atom. The second-order valence-corrected chi connectivity index (χ2v) is 6.84. The minimum Gasteiger partial charge on any atom is -0.381 e. The van der Waals surface area contributed by atoms with Crippen molar-refractivity contribution in [2.45, 2.75) is 24.9 Å². The van der Waals surface area contributed by atoms with E-state index < -0.39 is 0 Å². The predicted molar refractivity (Wildman–Crippen MR) is 99.0 cm³/mol. The molecule has 0 saturated carbocycles. The van der Waals surface area contributed by atoms with Gasteiger partial charge in [-0.05, 0) is 29.8 Å². The van der Waals surface area contributed by atoms with Gasteiger partial charge in [0, 0.05) is 31.1 Å². The van der Waals surface area contributed by atoms with Gasteiger partial charge < -0.3 is 15.4 Å². The van der Waals surface area contributed by atoms with Gasteiger partial charge in [-0.1, -0.05) is 29.8 Å². The Kier molecular flexibility index (Phi) is 4.36. The summed E-state index contributed by atoms with van der Waals surface area (Å²) >= 11 is 6.05. The Hall–Kier alpha value is -2.11. The van der Waals surface area contributed by atoms with Crippen LogP contribution < -0.4 is 10.6 Å². The Morgan fingerprint density at radius 3 is 2.76 bits per heavy atom. The largest absolute Gasteiger partial charge is 0.381 e. The van der Waals surface area contributed by atoms with Crippen molar-refractivity contribution >= 4 is 28.8 Å². The average Bonchev–Trinajstić information content (AvgIpc) is 2.61. The minimum atomic E-state index is -0.350. The highest BCUT2D eigenvalue weighted by Crippen LogP contribution is 2.38. The summed E-state index contributed by atoms with van der Waals surface area (Å²) in [6.45, 7) is 1.78. The first-order valence-corrected chi connectivity index (χ1v) is 8.75. The first kappa shape index (κ1) is 16.4. The molecule has 130 valence electrons. The van der Waals surface area contributed by atoms with Gasteiger partial charge in [-0.25, -0.2) is 4.39 Å². The molecule has 4 rings (SSSR count). The van der Waals surface area contributed by atoms with E-state index in [4.69, 9.17) is 21.3 Å². The van der Waals surface area contributed by atoms with E-state index in [1.54, 1.807) is 6.07 Å². The third-order valence-electron chi connectivity index (χ3n) is 4.74. The molecule has 0 atom stereocenters. The van der Waals surface area contributed by atoms with E-state index >= 15 is 0 Å². The molecule has 1 saturated heterocycles. The van der Waals surface area contributed by atoms with Crippen LogP contribution in [0.25, 0.3) is 0 Å². The third-order valence-corrected chi connectivity index (χ3v) is 4.97. The van der Waals surface area contributed by atoms with Crippen LogP contribution >= 0.6 is 11.6 Å². The number of fused-ring (bicyclic) bond motifs is 1. The van der Waals surface area contributed by atoms with Crippen LogP contribution in [0.1, 0.15) is 18.4 Å². The minimum absolute atomic E-state index is 0.289. The molecular weight excluding hydrogens is 341 g/mol. The fraction of sp³-hybridized carbons (Fsp3) is 0.316. The molecule has 6 heteroatoms. The molecule has 1 fully saturated rings. The monoisotopic (exact) mass is 359 g/mol. The summed E-state index contributed by atoms with van der Waals surface area (Å²) in [6, 6.07) is 12.7. The molecule has 2 aliphatic heterocycles. The highest BCUT2D eigenvalue weighted by molar-refractivity contribution is 6.30. The summed E-state index contributed by atoms with van der Waals surface area (Å²) in [5, 5.41) is 7.43. The van der Waals surface area contributed by atoms with Crippen LogP contribution in [-0.2, 0) is 11.3 Å². The second kappa shape index (κ2) is 6.65. The summed E-state index contributed by atoms with van der Waals surface area (Å²) in [5.41, 5.74) is 1.88. The number of rotatable bonds is 2. The van der Waals surface area contributed by atoms with E-state index in [0.29, 0.717) is 30.5 Å². The van der Waals surface area contributed by atoms with Gasteiger partial charge >= 0.3 is 0 Å². The van der Waals surface area contributed by atoms with Crippen LogP contribution in [-0.4, -0.2) is 24.6 Å². The lowest BCUT2D eigenvalue weighted by Crippen LogP contribution is -2.55. The summed E-state index contributed by atoms with van der Waals surface area (Å²) < 4.78 is 19.7. The number of aliphatic imine (C=N–C) groups is 1. The second-order valence-electron chi connectivity index (χ2n) is 6.40. The van der Waals surface area contributed by atoms with Crippen molar-refractivity contribution in [2.75, 3.05) is 23.8 Å². The molecule has 2 N–H and O–H groups in total. The predicted octanol–water partition coefficient (Wildman–Crippen LogP) is 4.46. The number of para-hydroxylation sites is 1. The first-order chi connectivity index (χ1) is 12.2. The lowest BCUT2D eigenvalue weighted by molar-refractivity contribution is 0.0778. The fourth-order valence-electron chi connectivity index (χ4n) is 3.39. The maximum absolute atomic E-state index is 14.2. The first-order valence-electron chi connectivity index (χ1n) is 8.37. The van der Waals surface area contributed by atoms with Gasteiger partial charge in [-0.15, -0.1) is 0 Å². The van der Waals surface area contributed by atoms with Crippen LogP contribution in [0.5, 0.6) is 0 Å². The number of nitrogens with zero attached hydrogens (tertiary/aromatic N) is 1. The van der Waals surface area contributed by atoms with Gasteiger partial charge in [-0.3, -0.25) is 4.99 Å². The van der Waals surface area contributed by atoms with Crippen LogP contribution in [0.2, 0.25) is 5.02 Å². The van der Waals surface area contributed by atoms with E-state index in [-0.39, 0.29) is 11.4 Å². The molecule has 25 heavy (non-hydrogen) atoms. The quantitative estimate of drug-likeness (QED) is 0.831. The number of halogens is 2. The number of benzene rings is 2. The van der Waals surface area contributed by atoms with E-state index in [1.165, 1.54) is 6.07 Å². The number of ether oxygens (including phenoxy) is 1. The van der Waals surface area contributed by atoms with Crippen molar-refractivity contribution in [1.82, 2.24) is 0 Å². The van der Waals surface area contributed by atoms with Gasteiger partial charge in [-0.2, -0.15) is 0 Å². The lowest BCUT2D eigenvalue weighted by atomic mass is 9.86. The molecule has 0 bridgehead atoms. The Morgan fingerprint density at radius 1 is 1.16 bits per heavy atom. The van der Waals surface area contributed by atoms with Crippen molar-refractivity contribution < 1.29 is 9.13 Å². The molecule has 0 aromatic heterocycles. The third kappa shape index (κ3) is 3.22. The van der Waals surface area contributed by atoms with Crippen molar-refractivity contribution in [2.24, 2.45) is 4.99 Å². The Bertz CT molecular complexity index is 818. The molecular formula is C19H19ClFN3O. The zero-order chi connectivity index (χ0) is 17.3. The van der Waals surface area contributed by atoms with Crippen LogP contribution in [0.3, 0.4) is 0 Å². The SMILES string of the molecule is Fc1cccc2c1NC(=NCc1cccc(Cl)c1)C1(CCOCC1)N2. The van der Waals surface area contributed by atoms with Gasteiger partial charge in [0.05, 0.1) is 23.5 Å². The van der Waals surface area contributed by atoms with Crippen LogP contribution in [0, 0.1) is 5.82 Å². The lowest BCUT2D eigenvalue weighted by Gasteiger charge is -2.43. The highest BCUT2D eigenvalue weighted by Gasteiger charge is 2.42. The molecule has 2 aliphatic rings. The average molecular weight is 360 g/mol. The van der Waals surface area contributed by atoms with Crippen LogP contribution in [0.15, 0.2) is 47.5 Å². The number of hydrogen-bond donors (Lipinski definition) is 2. The molecule has 2 aromatic carbocycles. The van der Waals surface area contributed by atoms with Crippen LogP contribution in [0.4, 0.5) is 15.8 Å². The van der Waals surface area contributed by atoms with Gasteiger partial charge in [0.1, 0.15) is 11.7 Å². The smallest absolute Gasteiger partial charge is 0.148 e. The van der Waals surface area contributed by atoms with Gasteiger partial charge in [0.15, 0.2) is 0 Å².